The zero-order valence-electron chi connectivity index (χ0n) is 12.1. The number of rotatable bonds is 3. The van der Waals surface area contributed by atoms with Crippen LogP contribution in [-0.4, -0.2) is 25.4 Å². The van der Waals surface area contributed by atoms with Gasteiger partial charge in [-0.25, -0.2) is 0 Å². The first-order chi connectivity index (χ1) is 8.94. The molecule has 1 atom stereocenters. The van der Waals surface area contributed by atoms with Gasteiger partial charge in [0.15, 0.2) is 5.78 Å². The van der Waals surface area contributed by atoms with Crippen LogP contribution in [0.1, 0.15) is 37.6 Å². The topological polar surface area (TPSA) is 46.3 Å². The molecule has 3 heteroatoms. The molecule has 1 unspecified atom stereocenters. The van der Waals surface area contributed by atoms with Crippen molar-refractivity contribution in [3.63, 3.8) is 0 Å². The van der Waals surface area contributed by atoms with E-state index in [1.807, 2.05) is 24.3 Å². The number of hydrogen-bond acceptors (Lipinski definition) is 3. The zero-order valence-corrected chi connectivity index (χ0v) is 12.1. The van der Waals surface area contributed by atoms with Crippen molar-refractivity contribution in [3.05, 3.63) is 29.8 Å². The third-order valence-corrected chi connectivity index (χ3v) is 4.50. The molecule has 1 saturated heterocycles. The Labute approximate surface area is 115 Å². The lowest BCUT2D eigenvalue weighted by atomic mass is 9.73. The predicted molar refractivity (Wildman–Crippen MR) is 79.6 cm³/mol. The highest BCUT2D eigenvalue weighted by atomic mass is 16.1. The molecule has 1 aromatic carbocycles. The second-order valence-electron chi connectivity index (χ2n) is 6.22. The number of ketones is 1. The molecule has 0 radical (unpaired) electrons. The molecule has 1 heterocycles. The van der Waals surface area contributed by atoms with Crippen molar-refractivity contribution in [2.45, 2.75) is 27.2 Å². The fourth-order valence-electron chi connectivity index (χ4n) is 2.77. The summed E-state index contributed by atoms with van der Waals surface area (Å²) in [7, 11) is 0. The third-order valence-electron chi connectivity index (χ3n) is 4.50. The molecule has 1 aromatic rings. The molecule has 1 fully saturated rings. The summed E-state index contributed by atoms with van der Waals surface area (Å²) in [5.74, 6) is 0.639. The van der Waals surface area contributed by atoms with Crippen LogP contribution in [0, 0.1) is 11.3 Å². The lowest BCUT2D eigenvalue weighted by Gasteiger charge is -2.44. The Balaban J connectivity index is 2.13. The maximum absolute atomic E-state index is 11.3. The number of Topliss-reactive ketones (excluding diaryl/α,β-unsaturated/α-hetero) is 1. The van der Waals surface area contributed by atoms with E-state index >= 15 is 0 Å². The van der Waals surface area contributed by atoms with Gasteiger partial charge in [0.05, 0.1) is 0 Å². The van der Waals surface area contributed by atoms with Crippen molar-refractivity contribution >= 4 is 11.5 Å². The number of nitrogens with two attached hydrogens (primary N) is 1. The van der Waals surface area contributed by atoms with Crippen LogP contribution < -0.4 is 10.6 Å². The van der Waals surface area contributed by atoms with Gasteiger partial charge in [-0.1, -0.05) is 13.8 Å². The molecule has 0 aliphatic carbocycles. The summed E-state index contributed by atoms with van der Waals surface area (Å²) < 4.78 is 0. The van der Waals surface area contributed by atoms with Crippen molar-refractivity contribution in [3.8, 4) is 0 Å². The number of carbonyl (C=O) groups is 1. The average molecular weight is 260 g/mol. The first kappa shape index (κ1) is 14.1. The summed E-state index contributed by atoms with van der Waals surface area (Å²) in [5, 5.41) is 0. The van der Waals surface area contributed by atoms with Crippen LogP contribution in [0.25, 0.3) is 0 Å². The molecule has 2 N–H and O–H groups in total. The minimum absolute atomic E-state index is 0.117. The van der Waals surface area contributed by atoms with Gasteiger partial charge in [-0.2, -0.15) is 0 Å². The van der Waals surface area contributed by atoms with Gasteiger partial charge in [0.25, 0.3) is 0 Å². The Morgan fingerprint density at radius 2 is 2.00 bits per heavy atom. The van der Waals surface area contributed by atoms with E-state index in [2.05, 4.69) is 18.7 Å². The average Bonchev–Trinajstić information content (AvgIpc) is 2.38. The number of anilines is 1. The molecule has 2 rings (SSSR count). The van der Waals surface area contributed by atoms with E-state index in [4.69, 9.17) is 5.73 Å². The van der Waals surface area contributed by atoms with Crippen molar-refractivity contribution < 1.29 is 4.79 Å². The van der Waals surface area contributed by atoms with E-state index in [9.17, 15) is 4.79 Å². The maximum Gasteiger partial charge on any atom is 0.159 e. The Hall–Kier alpha value is -1.35. The largest absolute Gasteiger partial charge is 0.371 e. The first-order valence-electron chi connectivity index (χ1n) is 7.00. The zero-order chi connectivity index (χ0) is 14.0. The number of carbonyl (C=O) groups excluding carboxylic acids is 1. The normalized spacial score (nSPS) is 22.3. The van der Waals surface area contributed by atoms with Crippen LogP contribution in [0.3, 0.4) is 0 Å². The van der Waals surface area contributed by atoms with Crippen LogP contribution in [0.5, 0.6) is 0 Å². The molecule has 1 aliphatic rings. The van der Waals surface area contributed by atoms with Crippen LogP contribution in [0.4, 0.5) is 5.69 Å². The Kier molecular flexibility index (Phi) is 3.95. The van der Waals surface area contributed by atoms with E-state index in [-0.39, 0.29) is 5.78 Å². The molecule has 3 nitrogen and oxygen atoms in total. The highest BCUT2D eigenvalue weighted by molar-refractivity contribution is 5.94. The Morgan fingerprint density at radius 1 is 1.37 bits per heavy atom. The van der Waals surface area contributed by atoms with Gasteiger partial charge in [-0.3, -0.25) is 4.79 Å². The second kappa shape index (κ2) is 5.33. The molecule has 0 bridgehead atoms. The quantitative estimate of drug-likeness (QED) is 0.850. The predicted octanol–water partition coefficient (Wildman–Crippen LogP) is 2.70. The molecule has 0 saturated carbocycles. The van der Waals surface area contributed by atoms with Crippen molar-refractivity contribution in [1.29, 1.82) is 0 Å². The summed E-state index contributed by atoms with van der Waals surface area (Å²) in [6, 6.07) is 7.91. The SMILES string of the molecule is CC(=O)c1ccc(N2CCC(C)(C)C(CN)C2)cc1. The molecular formula is C16H24N2O. The van der Waals surface area contributed by atoms with E-state index in [1.165, 1.54) is 5.69 Å². The lowest BCUT2D eigenvalue weighted by molar-refractivity contribution is 0.101. The summed E-state index contributed by atoms with van der Waals surface area (Å²) in [6.07, 6.45) is 1.16. The Bertz CT molecular complexity index is 450. The van der Waals surface area contributed by atoms with Gasteiger partial charge in [-0.05, 0) is 55.5 Å². The lowest BCUT2D eigenvalue weighted by Crippen LogP contribution is -2.47. The molecule has 0 amide bonds. The maximum atomic E-state index is 11.3. The molecular weight excluding hydrogens is 236 g/mol. The van der Waals surface area contributed by atoms with E-state index in [0.29, 0.717) is 11.3 Å². The number of benzene rings is 1. The van der Waals surface area contributed by atoms with Crippen molar-refractivity contribution in [2.75, 3.05) is 24.5 Å². The number of piperidine rings is 1. The van der Waals surface area contributed by atoms with E-state index < -0.39 is 0 Å². The first-order valence-corrected chi connectivity index (χ1v) is 7.00. The Morgan fingerprint density at radius 3 is 2.53 bits per heavy atom. The monoisotopic (exact) mass is 260 g/mol. The molecule has 0 spiro atoms. The van der Waals surface area contributed by atoms with Gasteiger partial charge in [0.1, 0.15) is 0 Å². The fraction of sp³-hybridized carbons (Fsp3) is 0.562. The highest BCUT2D eigenvalue weighted by Crippen LogP contribution is 2.36. The summed E-state index contributed by atoms with van der Waals surface area (Å²) in [5.41, 5.74) is 8.20. The summed E-state index contributed by atoms with van der Waals surface area (Å²) >= 11 is 0. The number of nitrogens with zero attached hydrogens (tertiary/aromatic N) is 1. The highest BCUT2D eigenvalue weighted by Gasteiger charge is 2.34. The third kappa shape index (κ3) is 2.98. The van der Waals surface area contributed by atoms with Gasteiger partial charge in [0, 0.05) is 24.3 Å². The van der Waals surface area contributed by atoms with E-state index in [0.717, 1.165) is 31.6 Å². The van der Waals surface area contributed by atoms with Gasteiger partial charge < -0.3 is 10.6 Å². The van der Waals surface area contributed by atoms with Crippen molar-refractivity contribution in [2.24, 2.45) is 17.1 Å². The van der Waals surface area contributed by atoms with E-state index in [1.54, 1.807) is 6.92 Å². The molecule has 1 aliphatic heterocycles. The van der Waals surface area contributed by atoms with Crippen LogP contribution in [-0.2, 0) is 0 Å². The molecule has 19 heavy (non-hydrogen) atoms. The summed E-state index contributed by atoms with van der Waals surface area (Å²) in [4.78, 5) is 13.7. The van der Waals surface area contributed by atoms with Crippen LogP contribution in [0.15, 0.2) is 24.3 Å². The molecule has 0 aromatic heterocycles. The standard InChI is InChI=1S/C16H24N2O/c1-12(19)13-4-6-15(7-5-13)18-9-8-16(2,3)14(10-17)11-18/h4-7,14H,8-11,17H2,1-3H3. The van der Waals surface area contributed by atoms with Gasteiger partial charge in [-0.15, -0.1) is 0 Å². The van der Waals surface area contributed by atoms with Crippen molar-refractivity contribution in [1.82, 2.24) is 0 Å². The number of hydrogen-bond donors (Lipinski definition) is 1. The van der Waals surface area contributed by atoms with Crippen LogP contribution >= 0.6 is 0 Å². The van der Waals surface area contributed by atoms with Gasteiger partial charge >= 0.3 is 0 Å². The van der Waals surface area contributed by atoms with Gasteiger partial charge in [0.2, 0.25) is 0 Å². The minimum atomic E-state index is 0.117. The van der Waals surface area contributed by atoms with Crippen LogP contribution in [0.2, 0.25) is 0 Å². The minimum Gasteiger partial charge on any atom is -0.371 e. The fourth-order valence-corrected chi connectivity index (χ4v) is 2.77. The molecule has 104 valence electrons. The second-order valence-corrected chi connectivity index (χ2v) is 6.22. The summed E-state index contributed by atoms with van der Waals surface area (Å²) in [6.45, 7) is 9.01. The smallest absolute Gasteiger partial charge is 0.159 e.